The average Bonchev–Trinajstić information content (AvgIpc) is 3.04. The van der Waals surface area contributed by atoms with Gasteiger partial charge in [0.15, 0.2) is 0 Å². The molecule has 2 heterocycles. The second kappa shape index (κ2) is 5.97. The molecule has 1 N–H and O–H groups in total. The van der Waals surface area contributed by atoms with Gasteiger partial charge in [-0.1, -0.05) is 6.42 Å². The zero-order valence-electron chi connectivity index (χ0n) is 12.1. The van der Waals surface area contributed by atoms with Gasteiger partial charge in [-0.15, -0.1) is 0 Å². The van der Waals surface area contributed by atoms with Gasteiger partial charge in [0.05, 0.1) is 12.4 Å². The minimum Gasteiger partial charge on any atom is -0.378 e. The van der Waals surface area contributed by atoms with Gasteiger partial charge in [0.2, 0.25) is 5.91 Å². The number of carbonyl (C=O) groups is 1. The maximum Gasteiger partial charge on any atom is 0.253 e. The number of nitrogens with zero attached hydrogens (tertiary/aromatic N) is 2. The fourth-order valence-electron chi connectivity index (χ4n) is 3.48. The number of aryl methyl sites for hydroxylation is 1. The third kappa shape index (κ3) is 3.00. The van der Waals surface area contributed by atoms with E-state index in [2.05, 4.69) is 10.3 Å². The minimum absolute atomic E-state index is 0.0160. The van der Waals surface area contributed by atoms with Gasteiger partial charge in [0, 0.05) is 43.8 Å². The first-order valence-corrected chi connectivity index (χ1v) is 7.58. The van der Waals surface area contributed by atoms with Gasteiger partial charge in [0.25, 0.3) is 5.56 Å². The second-order valence-corrected chi connectivity index (χ2v) is 6.00. The highest BCUT2D eigenvalue weighted by molar-refractivity contribution is 5.75. The maximum atomic E-state index is 12.0. The van der Waals surface area contributed by atoms with Crippen LogP contribution in [-0.2, 0) is 16.1 Å². The first-order chi connectivity index (χ1) is 10.2. The Morgan fingerprint density at radius 3 is 3.29 bits per heavy atom. The summed E-state index contributed by atoms with van der Waals surface area (Å²) in [5, 5.41) is 3.02. The van der Waals surface area contributed by atoms with Crippen LogP contribution >= 0.6 is 0 Å². The summed E-state index contributed by atoms with van der Waals surface area (Å²) in [5.74, 6) is -0.0160. The van der Waals surface area contributed by atoms with E-state index in [1.54, 1.807) is 0 Å². The fourth-order valence-corrected chi connectivity index (χ4v) is 3.48. The van der Waals surface area contributed by atoms with Crippen LogP contribution in [0.5, 0.6) is 0 Å². The van der Waals surface area contributed by atoms with Gasteiger partial charge in [-0.05, 0) is 19.3 Å². The largest absolute Gasteiger partial charge is 0.378 e. The number of carbonyl (C=O) groups excluding carboxylic acids is 1. The molecule has 2 aliphatic rings. The molecule has 0 aromatic carbocycles. The molecule has 1 saturated heterocycles. The summed E-state index contributed by atoms with van der Waals surface area (Å²) in [6, 6.07) is 1.40. The van der Waals surface area contributed by atoms with Crippen LogP contribution in [0, 0.1) is 5.41 Å². The van der Waals surface area contributed by atoms with Gasteiger partial charge in [0.1, 0.15) is 0 Å². The lowest BCUT2D eigenvalue weighted by Crippen LogP contribution is -2.40. The Bertz CT molecular complexity index is 559. The van der Waals surface area contributed by atoms with E-state index in [-0.39, 0.29) is 16.9 Å². The van der Waals surface area contributed by atoms with Crippen LogP contribution in [0.4, 0.5) is 0 Å². The molecule has 1 aliphatic heterocycles. The summed E-state index contributed by atoms with van der Waals surface area (Å²) in [6.45, 7) is 1.87. The number of ether oxygens (including phenoxy) is 1. The molecule has 6 nitrogen and oxygen atoms in total. The van der Waals surface area contributed by atoms with Crippen molar-refractivity contribution >= 4 is 5.91 Å². The van der Waals surface area contributed by atoms with Gasteiger partial charge >= 0.3 is 0 Å². The summed E-state index contributed by atoms with van der Waals surface area (Å²) in [4.78, 5) is 27.4. The van der Waals surface area contributed by atoms with Crippen molar-refractivity contribution in [2.24, 2.45) is 5.41 Å². The SMILES string of the molecule is O=C(CCn1cnccc1=O)NC[C@]12CCC[C@H]1OCC2. The van der Waals surface area contributed by atoms with E-state index >= 15 is 0 Å². The molecule has 1 amide bonds. The highest BCUT2D eigenvalue weighted by atomic mass is 16.5. The average molecular weight is 291 g/mol. The van der Waals surface area contributed by atoms with Crippen molar-refractivity contribution in [1.29, 1.82) is 0 Å². The van der Waals surface area contributed by atoms with Gasteiger partial charge in [-0.2, -0.15) is 0 Å². The molecule has 3 rings (SSSR count). The van der Waals surface area contributed by atoms with Crippen molar-refractivity contribution < 1.29 is 9.53 Å². The lowest BCUT2D eigenvalue weighted by atomic mass is 9.83. The molecule has 1 aromatic rings. The van der Waals surface area contributed by atoms with Crippen molar-refractivity contribution in [3.8, 4) is 0 Å². The Balaban J connectivity index is 1.49. The molecule has 1 saturated carbocycles. The Morgan fingerprint density at radius 1 is 1.52 bits per heavy atom. The van der Waals surface area contributed by atoms with Gasteiger partial charge < -0.3 is 10.1 Å². The zero-order valence-corrected chi connectivity index (χ0v) is 12.1. The minimum atomic E-state index is -0.128. The van der Waals surface area contributed by atoms with Crippen molar-refractivity contribution in [2.75, 3.05) is 13.2 Å². The molecular formula is C15H21N3O3. The molecule has 0 unspecified atom stereocenters. The molecule has 1 aromatic heterocycles. The zero-order chi connectivity index (χ0) is 14.7. The molecule has 2 atom stereocenters. The topological polar surface area (TPSA) is 73.2 Å². The molecule has 0 bridgehead atoms. The lowest BCUT2D eigenvalue weighted by Gasteiger charge is -2.27. The van der Waals surface area contributed by atoms with Gasteiger partial charge in [-0.25, -0.2) is 4.98 Å². The highest BCUT2D eigenvalue weighted by Gasteiger charge is 2.47. The number of rotatable bonds is 5. The Hall–Kier alpha value is -1.69. The van der Waals surface area contributed by atoms with Crippen molar-refractivity contribution in [3.63, 3.8) is 0 Å². The van der Waals surface area contributed by atoms with Crippen molar-refractivity contribution in [1.82, 2.24) is 14.9 Å². The van der Waals surface area contributed by atoms with E-state index in [0.29, 0.717) is 25.6 Å². The summed E-state index contributed by atoms with van der Waals surface area (Å²) in [7, 11) is 0. The van der Waals surface area contributed by atoms with E-state index in [0.717, 1.165) is 25.9 Å². The van der Waals surface area contributed by atoms with Crippen LogP contribution in [0.25, 0.3) is 0 Å². The van der Waals surface area contributed by atoms with Crippen LogP contribution in [0.1, 0.15) is 32.1 Å². The third-order valence-corrected chi connectivity index (χ3v) is 4.75. The molecule has 6 heteroatoms. The third-order valence-electron chi connectivity index (χ3n) is 4.75. The van der Waals surface area contributed by atoms with Crippen LogP contribution in [0.2, 0.25) is 0 Å². The second-order valence-electron chi connectivity index (χ2n) is 6.00. The molecular weight excluding hydrogens is 270 g/mol. The fraction of sp³-hybridized carbons (Fsp3) is 0.667. The van der Waals surface area contributed by atoms with Crippen molar-refractivity contribution in [2.45, 2.75) is 44.8 Å². The van der Waals surface area contributed by atoms with Crippen LogP contribution in [-0.4, -0.2) is 34.7 Å². The predicted molar refractivity (Wildman–Crippen MR) is 76.8 cm³/mol. The maximum absolute atomic E-state index is 12.0. The first kappa shape index (κ1) is 14.3. The summed E-state index contributed by atoms with van der Waals surface area (Å²) >= 11 is 0. The van der Waals surface area contributed by atoms with E-state index in [4.69, 9.17) is 4.74 Å². The standard InChI is InChI=1S/C15H21N3O3/c19-13(4-8-18-11-16-7-3-14(18)20)17-10-15-5-1-2-12(15)21-9-6-15/h3,7,11-12H,1-2,4-6,8-10H2,(H,17,19)/t12-,15-/m1/s1. The molecule has 0 spiro atoms. The number of hydrogen-bond donors (Lipinski definition) is 1. The number of nitrogens with one attached hydrogen (secondary N) is 1. The normalized spacial score (nSPS) is 27.5. The van der Waals surface area contributed by atoms with Crippen LogP contribution in [0.3, 0.4) is 0 Å². The lowest BCUT2D eigenvalue weighted by molar-refractivity contribution is -0.122. The number of aromatic nitrogens is 2. The molecule has 1 aliphatic carbocycles. The monoisotopic (exact) mass is 291 g/mol. The molecule has 2 fully saturated rings. The van der Waals surface area contributed by atoms with E-state index < -0.39 is 0 Å². The number of amides is 1. The summed E-state index contributed by atoms with van der Waals surface area (Å²) < 4.78 is 7.21. The Labute approximate surface area is 123 Å². The smallest absolute Gasteiger partial charge is 0.253 e. The van der Waals surface area contributed by atoms with Crippen molar-refractivity contribution in [3.05, 3.63) is 28.9 Å². The van der Waals surface area contributed by atoms with Gasteiger partial charge in [-0.3, -0.25) is 14.2 Å². The molecule has 0 radical (unpaired) electrons. The van der Waals surface area contributed by atoms with E-state index in [1.807, 2.05) is 0 Å². The van der Waals surface area contributed by atoms with E-state index in [9.17, 15) is 9.59 Å². The van der Waals surface area contributed by atoms with Crippen LogP contribution in [0.15, 0.2) is 23.4 Å². The molecule has 21 heavy (non-hydrogen) atoms. The number of hydrogen-bond acceptors (Lipinski definition) is 4. The van der Waals surface area contributed by atoms with E-state index in [1.165, 1.54) is 29.6 Å². The highest BCUT2D eigenvalue weighted by Crippen LogP contribution is 2.46. The molecule has 114 valence electrons. The predicted octanol–water partition coefficient (Wildman–Crippen LogP) is 0.709. The Morgan fingerprint density at radius 2 is 2.43 bits per heavy atom. The number of fused-ring (bicyclic) bond motifs is 1. The summed E-state index contributed by atoms with van der Waals surface area (Å²) in [5.41, 5.74) is 0.0253. The first-order valence-electron chi connectivity index (χ1n) is 7.58. The quantitative estimate of drug-likeness (QED) is 0.867. The summed E-state index contributed by atoms with van der Waals surface area (Å²) in [6.07, 6.45) is 8.02. The van der Waals surface area contributed by atoms with Crippen LogP contribution < -0.4 is 10.9 Å². The Kier molecular flexibility index (Phi) is 4.05.